The van der Waals surface area contributed by atoms with E-state index < -0.39 is 0 Å². The molecule has 90 valence electrons. The Morgan fingerprint density at radius 2 is 2.24 bits per heavy atom. The first kappa shape index (κ1) is 12.5. The summed E-state index contributed by atoms with van der Waals surface area (Å²) in [5, 5.41) is 3.36. The van der Waals surface area contributed by atoms with Crippen LogP contribution in [-0.4, -0.2) is 22.2 Å². The number of thioether (sulfide) groups is 1. The van der Waals surface area contributed by atoms with Crippen molar-refractivity contribution in [3.63, 3.8) is 0 Å². The summed E-state index contributed by atoms with van der Waals surface area (Å²) < 4.78 is 5.03. The average molecular weight is 265 g/mol. The van der Waals surface area contributed by atoms with E-state index in [9.17, 15) is 0 Å². The zero-order chi connectivity index (χ0) is 12.1. The van der Waals surface area contributed by atoms with Gasteiger partial charge in [-0.3, -0.25) is 0 Å². The van der Waals surface area contributed by atoms with Gasteiger partial charge in [-0.25, -0.2) is 4.98 Å². The molecule has 1 atom stereocenters. The highest BCUT2D eigenvalue weighted by atomic mass is 32.2. The van der Waals surface area contributed by atoms with Gasteiger partial charge in [0.25, 0.3) is 0 Å². The van der Waals surface area contributed by atoms with Crippen molar-refractivity contribution < 1.29 is 0 Å². The van der Waals surface area contributed by atoms with Gasteiger partial charge in [0.2, 0.25) is 0 Å². The van der Waals surface area contributed by atoms with Crippen LogP contribution in [0.1, 0.15) is 17.2 Å². The maximum absolute atomic E-state index is 4.18. The fraction of sp³-hybridized carbons (Fsp3) is 0.333. The first-order valence-corrected chi connectivity index (χ1v) is 7.19. The molecule has 0 saturated carbocycles. The Labute approximate surface area is 110 Å². The molecule has 0 amide bonds. The molecule has 0 bridgehead atoms. The summed E-state index contributed by atoms with van der Waals surface area (Å²) in [6.45, 7) is 2.15. The summed E-state index contributed by atoms with van der Waals surface area (Å²) in [5.41, 5.74) is 2.68. The van der Waals surface area contributed by atoms with Crippen LogP contribution in [0.2, 0.25) is 0 Å². The van der Waals surface area contributed by atoms with Crippen molar-refractivity contribution in [3.8, 4) is 0 Å². The van der Waals surface area contributed by atoms with Crippen LogP contribution in [0.25, 0.3) is 0 Å². The zero-order valence-corrected chi connectivity index (χ0v) is 11.5. The van der Waals surface area contributed by atoms with Crippen molar-refractivity contribution in [1.29, 1.82) is 0 Å². The second-order valence-electron chi connectivity index (χ2n) is 3.72. The molecule has 1 aromatic heterocycles. The minimum absolute atomic E-state index is 0.352. The van der Waals surface area contributed by atoms with Crippen molar-refractivity contribution in [2.45, 2.75) is 17.3 Å². The van der Waals surface area contributed by atoms with E-state index in [0.717, 1.165) is 10.1 Å². The van der Waals surface area contributed by atoms with Gasteiger partial charge in [-0.15, -0.1) is 0 Å². The van der Waals surface area contributed by atoms with Gasteiger partial charge in [0.05, 0.1) is 0 Å². The molecule has 0 saturated heterocycles. The minimum Gasteiger partial charge on any atom is -0.312 e. The SMILES string of the molecule is CNC(CSc1ncns1)c1ccccc1C. The molecule has 0 aliphatic rings. The summed E-state index contributed by atoms with van der Waals surface area (Å²) in [6.07, 6.45) is 1.61. The number of nitrogens with zero attached hydrogens (tertiary/aromatic N) is 2. The lowest BCUT2D eigenvalue weighted by atomic mass is 10.0. The predicted molar refractivity (Wildman–Crippen MR) is 73.6 cm³/mol. The fourth-order valence-electron chi connectivity index (χ4n) is 1.69. The summed E-state index contributed by atoms with van der Waals surface area (Å²) in [4.78, 5) is 4.18. The molecule has 0 fully saturated rings. The second-order valence-corrected chi connectivity index (χ2v) is 5.76. The monoisotopic (exact) mass is 265 g/mol. The van der Waals surface area contributed by atoms with Crippen molar-refractivity contribution in [1.82, 2.24) is 14.7 Å². The molecule has 2 aromatic rings. The average Bonchev–Trinajstić information content (AvgIpc) is 2.85. The number of nitrogens with one attached hydrogen (secondary N) is 1. The van der Waals surface area contributed by atoms with Gasteiger partial charge < -0.3 is 5.32 Å². The fourth-order valence-corrected chi connectivity index (χ4v) is 3.29. The quantitative estimate of drug-likeness (QED) is 0.844. The number of hydrogen-bond donors (Lipinski definition) is 1. The number of aryl methyl sites for hydroxylation is 1. The van der Waals surface area contributed by atoms with Crippen LogP contribution in [0, 0.1) is 6.92 Å². The lowest BCUT2D eigenvalue weighted by Gasteiger charge is -2.17. The Kier molecular flexibility index (Phi) is 4.53. The number of rotatable bonds is 5. The molecule has 0 aliphatic heterocycles. The van der Waals surface area contributed by atoms with E-state index in [0.29, 0.717) is 6.04 Å². The Balaban J connectivity index is 2.04. The third kappa shape index (κ3) is 3.28. The normalized spacial score (nSPS) is 12.6. The van der Waals surface area contributed by atoms with E-state index in [1.54, 1.807) is 18.1 Å². The van der Waals surface area contributed by atoms with Gasteiger partial charge >= 0.3 is 0 Å². The molecule has 2 rings (SSSR count). The van der Waals surface area contributed by atoms with E-state index in [2.05, 4.69) is 45.9 Å². The summed E-state index contributed by atoms with van der Waals surface area (Å²) >= 11 is 3.19. The minimum atomic E-state index is 0.352. The molecular formula is C12H15N3S2. The second kappa shape index (κ2) is 6.14. The molecule has 0 aliphatic carbocycles. The summed E-state index contributed by atoms with van der Waals surface area (Å²) in [5.74, 6) is 0.969. The molecule has 0 spiro atoms. The Morgan fingerprint density at radius 3 is 2.88 bits per heavy atom. The Bertz CT molecular complexity index is 457. The lowest BCUT2D eigenvalue weighted by molar-refractivity contribution is 0.658. The van der Waals surface area contributed by atoms with Crippen LogP contribution in [0.15, 0.2) is 34.9 Å². The maximum Gasteiger partial charge on any atom is 0.169 e. The molecule has 1 unspecified atom stereocenters. The van der Waals surface area contributed by atoms with Crippen molar-refractivity contribution in [2.24, 2.45) is 0 Å². The van der Waals surface area contributed by atoms with Crippen molar-refractivity contribution in [2.75, 3.05) is 12.8 Å². The highest BCUT2D eigenvalue weighted by Crippen LogP contribution is 2.26. The molecular weight excluding hydrogens is 250 g/mol. The van der Waals surface area contributed by atoms with Crippen molar-refractivity contribution >= 4 is 23.3 Å². The molecule has 3 nitrogen and oxygen atoms in total. The summed E-state index contributed by atoms with van der Waals surface area (Å²) in [7, 11) is 2.00. The molecule has 1 aromatic carbocycles. The Morgan fingerprint density at radius 1 is 1.41 bits per heavy atom. The van der Waals surface area contributed by atoms with Crippen LogP contribution < -0.4 is 5.32 Å². The van der Waals surface area contributed by atoms with Gasteiger partial charge in [0, 0.05) is 11.8 Å². The van der Waals surface area contributed by atoms with E-state index >= 15 is 0 Å². The van der Waals surface area contributed by atoms with Gasteiger partial charge in [-0.1, -0.05) is 36.0 Å². The summed E-state index contributed by atoms with van der Waals surface area (Å²) in [6, 6.07) is 8.84. The van der Waals surface area contributed by atoms with Gasteiger partial charge in [-0.05, 0) is 36.6 Å². The first-order valence-electron chi connectivity index (χ1n) is 5.43. The van der Waals surface area contributed by atoms with Gasteiger partial charge in [-0.2, -0.15) is 4.37 Å². The van der Waals surface area contributed by atoms with Crippen molar-refractivity contribution in [3.05, 3.63) is 41.7 Å². The topological polar surface area (TPSA) is 37.8 Å². The first-order chi connectivity index (χ1) is 8.31. The predicted octanol–water partition coefficient (Wildman–Crippen LogP) is 2.90. The van der Waals surface area contributed by atoms with Crippen LogP contribution in [0.5, 0.6) is 0 Å². The van der Waals surface area contributed by atoms with Crippen LogP contribution in [0.3, 0.4) is 0 Å². The molecule has 0 radical (unpaired) electrons. The van der Waals surface area contributed by atoms with E-state index in [1.807, 2.05) is 7.05 Å². The third-order valence-corrected chi connectivity index (χ3v) is 4.52. The third-order valence-electron chi connectivity index (χ3n) is 2.63. The largest absolute Gasteiger partial charge is 0.312 e. The van der Waals surface area contributed by atoms with E-state index in [1.165, 1.54) is 22.7 Å². The lowest BCUT2D eigenvalue weighted by Crippen LogP contribution is -2.19. The molecule has 1 heterocycles. The zero-order valence-electron chi connectivity index (χ0n) is 9.88. The molecule has 1 N–H and O–H groups in total. The number of aromatic nitrogens is 2. The van der Waals surface area contributed by atoms with Gasteiger partial charge in [0.1, 0.15) is 6.33 Å². The van der Waals surface area contributed by atoms with Crippen LogP contribution in [-0.2, 0) is 0 Å². The molecule has 17 heavy (non-hydrogen) atoms. The van der Waals surface area contributed by atoms with Crippen LogP contribution >= 0.6 is 23.3 Å². The highest BCUT2D eigenvalue weighted by molar-refractivity contribution is 8.00. The van der Waals surface area contributed by atoms with E-state index in [4.69, 9.17) is 0 Å². The highest BCUT2D eigenvalue weighted by Gasteiger charge is 2.12. The number of benzene rings is 1. The maximum atomic E-state index is 4.18. The Hall–Kier alpha value is -0.910. The standard InChI is InChI=1S/C12H15N3S2/c1-9-5-3-4-6-10(9)11(13-2)7-16-12-14-8-15-17-12/h3-6,8,11,13H,7H2,1-2H3. The molecule has 5 heteroatoms. The smallest absolute Gasteiger partial charge is 0.169 e. The number of hydrogen-bond acceptors (Lipinski definition) is 5. The van der Waals surface area contributed by atoms with Crippen LogP contribution in [0.4, 0.5) is 0 Å². The van der Waals surface area contributed by atoms with E-state index in [-0.39, 0.29) is 0 Å². The van der Waals surface area contributed by atoms with Gasteiger partial charge in [0.15, 0.2) is 4.34 Å².